The van der Waals surface area contributed by atoms with Crippen LogP contribution in [-0.4, -0.2) is 19.6 Å². The van der Waals surface area contributed by atoms with Crippen molar-refractivity contribution in [1.82, 2.24) is 5.32 Å². The number of carbonyl (C=O) groups excluding carboxylic acids is 1. The minimum atomic E-state index is -0.0167. The Morgan fingerprint density at radius 3 is 2.94 bits per heavy atom. The molecule has 4 heteroatoms. The van der Waals surface area contributed by atoms with Gasteiger partial charge in [0, 0.05) is 6.54 Å². The lowest BCUT2D eigenvalue weighted by atomic mass is 10.1. The van der Waals surface area contributed by atoms with Gasteiger partial charge < -0.3 is 10.1 Å². The van der Waals surface area contributed by atoms with E-state index in [0.717, 1.165) is 15.8 Å². The van der Waals surface area contributed by atoms with Gasteiger partial charge in [-0.3, -0.25) is 4.79 Å². The van der Waals surface area contributed by atoms with E-state index < -0.39 is 0 Å². The van der Waals surface area contributed by atoms with Crippen molar-refractivity contribution in [2.75, 3.05) is 13.7 Å². The highest BCUT2D eigenvalue weighted by Gasteiger charge is 2.05. The van der Waals surface area contributed by atoms with Crippen LogP contribution < -0.4 is 10.1 Å². The van der Waals surface area contributed by atoms with Crippen LogP contribution in [0.2, 0.25) is 0 Å². The summed E-state index contributed by atoms with van der Waals surface area (Å²) in [6.07, 6.45) is 2.01. The van der Waals surface area contributed by atoms with Crippen LogP contribution in [0, 0.1) is 0 Å². The summed E-state index contributed by atoms with van der Waals surface area (Å²) in [5.41, 5.74) is 0.939. The predicted molar refractivity (Wildman–Crippen MR) is 67.6 cm³/mol. The summed E-state index contributed by atoms with van der Waals surface area (Å²) in [6.45, 7) is 4.03. The van der Waals surface area contributed by atoms with E-state index in [9.17, 15) is 4.79 Å². The molecule has 1 N–H and O–H groups in total. The largest absolute Gasteiger partial charge is 0.496 e. The first-order valence-electron chi connectivity index (χ1n) is 4.87. The van der Waals surface area contributed by atoms with Crippen LogP contribution >= 0.6 is 15.9 Å². The zero-order chi connectivity index (χ0) is 12.0. The monoisotopic (exact) mass is 283 g/mol. The SMILES string of the molecule is C=CCNC(=O)Cc1ccc(OC)c(Br)c1. The lowest BCUT2D eigenvalue weighted by Gasteiger charge is -2.06. The minimum absolute atomic E-state index is 0.0167. The third-order valence-electron chi connectivity index (χ3n) is 2.02. The number of nitrogens with one attached hydrogen (secondary N) is 1. The molecule has 0 heterocycles. The number of amides is 1. The fourth-order valence-corrected chi connectivity index (χ4v) is 1.84. The van der Waals surface area contributed by atoms with E-state index in [-0.39, 0.29) is 5.91 Å². The molecule has 1 aromatic rings. The van der Waals surface area contributed by atoms with Crippen LogP contribution in [0.3, 0.4) is 0 Å². The van der Waals surface area contributed by atoms with Crippen molar-refractivity contribution in [2.24, 2.45) is 0 Å². The molecule has 16 heavy (non-hydrogen) atoms. The normalized spacial score (nSPS) is 9.62. The van der Waals surface area contributed by atoms with Crippen molar-refractivity contribution in [3.05, 3.63) is 40.9 Å². The molecule has 0 saturated heterocycles. The van der Waals surface area contributed by atoms with Crippen LogP contribution in [0.5, 0.6) is 5.75 Å². The Bertz CT molecular complexity index is 391. The zero-order valence-electron chi connectivity index (χ0n) is 9.13. The molecule has 1 amide bonds. The molecule has 0 radical (unpaired) electrons. The Morgan fingerprint density at radius 2 is 2.38 bits per heavy atom. The average Bonchev–Trinajstić information content (AvgIpc) is 2.26. The maximum atomic E-state index is 11.4. The summed E-state index contributed by atoms with van der Waals surface area (Å²) in [5, 5.41) is 2.73. The van der Waals surface area contributed by atoms with Crippen LogP contribution in [0.4, 0.5) is 0 Å². The number of benzene rings is 1. The van der Waals surface area contributed by atoms with Crippen molar-refractivity contribution in [3.63, 3.8) is 0 Å². The van der Waals surface area contributed by atoms with Crippen molar-refractivity contribution in [3.8, 4) is 5.75 Å². The number of halogens is 1. The van der Waals surface area contributed by atoms with Gasteiger partial charge in [0.15, 0.2) is 0 Å². The molecule has 0 atom stereocenters. The molecule has 0 aromatic heterocycles. The molecule has 0 fully saturated rings. The Balaban J connectivity index is 2.64. The first-order chi connectivity index (χ1) is 7.67. The van der Waals surface area contributed by atoms with E-state index in [1.807, 2.05) is 18.2 Å². The number of methoxy groups -OCH3 is 1. The second kappa shape index (κ2) is 6.33. The molecule has 86 valence electrons. The molecule has 0 saturated carbocycles. The lowest BCUT2D eigenvalue weighted by Crippen LogP contribution is -2.24. The van der Waals surface area contributed by atoms with Crippen molar-refractivity contribution >= 4 is 21.8 Å². The Hall–Kier alpha value is -1.29. The number of hydrogen-bond donors (Lipinski definition) is 1. The van der Waals surface area contributed by atoms with E-state index in [1.54, 1.807) is 13.2 Å². The standard InChI is InChI=1S/C12H14BrNO2/c1-3-6-14-12(15)8-9-4-5-11(16-2)10(13)7-9/h3-5,7H,1,6,8H2,2H3,(H,14,15). The fraction of sp³-hybridized carbons (Fsp3) is 0.250. The number of rotatable bonds is 5. The quantitative estimate of drug-likeness (QED) is 0.843. The second-order valence-electron chi connectivity index (χ2n) is 3.24. The molecule has 0 aliphatic carbocycles. The Morgan fingerprint density at radius 1 is 1.62 bits per heavy atom. The van der Waals surface area contributed by atoms with E-state index in [1.165, 1.54) is 0 Å². The Labute approximate surface area is 104 Å². The van der Waals surface area contributed by atoms with Crippen LogP contribution in [0.15, 0.2) is 35.3 Å². The number of carbonyl (C=O) groups is 1. The van der Waals surface area contributed by atoms with Crippen LogP contribution in [0.1, 0.15) is 5.56 Å². The molecule has 0 unspecified atom stereocenters. The van der Waals surface area contributed by atoms with E-state index in [4.69, 9.17) is 4.74 Å². The van der Waals surface area contributed by atoms with Gasteiger partial charge in [-0.2, -0.15) is 0 Å². The molecule has 0 aliphatic rings. The van der Waals surface area contributed by atoms with Crippen molar-refractivity contribution in [2.45, 2.75) is 6.42 Å². The summed E-state index contributed by atoms with van der Waals surface area (Å²) in [4.78, 5) is 11.4. The van der Waals surface area contributed by atoms with E-state index >= 15 is 0 Å². The molecule has 0 spiro atoms. The Kier molecular flexibility index (Phi) is 5.05. The third-order valence-corrected chi connectivity index (χ3v) is 2.64. The van der Waals surface area contributed by atoms with Crippen molar-refractivity contribution in [1.29, 1.82) is 0 Å². The molecule has 3 nitrogen and oxygen atoms in total. The molecule has 1 rings (SSSR count). The molecule has 0 aliphatic heterocycles. The first kappa shape index (κ1) is 12.8. The molecular weight excluding hydrogens is 270 g/mol. The zero-order valence-corrected chi connectivity index (χ0v) is 10.7. The van der Waals surface area contributed by atoms with Gasteiger partial charge >= 0.3 is 0 Å². The summed E-state index contributed by atoms with van der Waals surface area (Å²) >= 11 is 3.38. The molecule has 0 bridgehead atoms. The van der Waals surface area contributed by atoms with Crippen LogP contribution in [0.25, 0.3) is 0 Å². The number of hydrogen-bond acceptors (Lipinski definition) is 2. The van der Waals surface area contributed by atoms with Gasteiger partial charge in [0.25, 0.3) is 0 Å². The van der Waals surface area contributed by atoms with Gasteiger partial charge in [-0.05, 0) is 33.6 Å². The maximum absolute atomic E-state index is 11.4. The average molecular weight is 284 g/mol. The van der Waals surface area contributed by atoms with Crippen molar-refractivity contribution < 1.29 is 9.53 Å². The third kappa shape index (κ3) is 3.70. The molecular formula is C12H14BrNO2. The topological polar surface area (TPSA) is 38.3 Å². The van der Waals surface area contributed by atoms with Gasteiger partial charge in [-0.1, -0.05) is 12.1 Å². The summed E-state index contributed by atoms with van der Waals surface area (Å²) < 4.78 is 5.96. The summed E-state index contributed by atoms with van der Waals surface area (Å²) in [7, 11) is 1.61. The fourth-order valence-electron chi connectivity index (χ4n) is 1.25. The number of ether oxygens (including phenoxy) is 1. The highest BCUT2D eigenvalue weighted by molar-refractivity contribution is 9.10. The van der Waals surface area contributed by atoms with Gasteiger partial charge in [0.1, 0.15) is 5.75 Å². The van der Waals surface area contributed by atoms with Gasteiger partial charge in [0.2, 0.25) is 5.91 Å². The predicted octanol–water partition coefficient (Wildman–Crippen LogP) is 2.30. The first-order valence-corrected chi connectivity index (χ1v) is 5.66. The molecule has 1 aromatic carbocycles. The summed E-state index contributed by atoms with van der Waals surface area (Å²) in [5.74, 6) is 0.743. The minimum Gasteiger partial charge on any atom is -0.496 e. The highest BCUT2D eigenvalue weighted by Crippen LogP contribution is 2.25. The van der Waals surface area contributed by atoms with E-state index in [0.29, 0.717) is 13.0 Å². The van der Waals surface area contributed by atoms with Gasteiger partial charge in [-0.15, -0.1) is 6.58 Å². The van der Waals surface area contributed by atoms with Gasteiger partial charge in [0.05, 0.1) is 18.0 Å². The van der Waals surface area contributed by atoms with E-state index in [2.05, 4.69) is 27.8 Å². The second-order valence-corrected chi connectivity index (χ2v) is 4.09. The highest BCUT2D eigenvalue weighted by atomic mass is 79.9. The smallest absolute Gasteiger partial charge is 0.224 e. The summed E-state index contributed by atoms with van der Waals surface area (Å²) in [6, 6.07) is 5.59. The van der Waals surface area contributed by atoms with Crippen LogP contribution in [-0.2, 0) is 11.2 Å². The van der Waals surface area contributed by atoms with Gasteiger partial charge in [-0.25, -0.2) is 0 Å². The maximum Gasteiger partial charge on any atom is 0.224 e. The lowest BCUT2D eigenvalue weighted by molar-refractivity contribution is -0.120.